The van der Waals surface area contributed by atoms with Crippen LogP contribution in [0.1, 0.15) is 23.2 Å². The van der Waals surface area contributed by atoms with Crippen LogP contribution in [0.5, 0.6) is 0 Å². The number of aromatic nitrogens is 2. The van der Waals surface area contributed by atoms with Crippen molar-refractivity contribution in [1.29, 1.82) is 0 Å². The van der Waals surface area contributed by atoms with Gasteiger partial charge in [-0.2, -0.15) is 5.10 Å². The molecule has 2 atom stereocenters. The molecule has 4 aromatic rings. The molecule has 0 amide bonds. The fourth-order valence-corrected chi connectivity index (χ4v) is 4.60. The molecule has 1 aliphatic rings. The minimum Gasteiger partial charge on any atom is -0.326 e. The number of para-hydroxylation sites is 1. The lowest BCUT2D eigenvalue weighted by Crippen LogP contribution is -2.28. The van der Waals surface area contributed by atoms with E-state index < -0.39 is 0 Å². The van der Waals surface area contributed by atoms with E-state index in [1.54, 1.807) is 18.6 Å². The summed E-state index contributed by atoms with van der Waals surface area (Å²) >= 11 is 19.0. The molecular formula is C24H17Cl3N4. The highest BCUT2D eigenvalue weighted by Gasteiger charge is 2.41. The first-order valence-electron chi connectivity index (χ1n) is 9.73. The molecule has 0 saturated carbocycles. The van der Waals surface area contributed by atoms with Gasteiger partial charge in [-0.1, -0.05) is 71.2 Å². The molecule has 0 saturated heterocycles. The molecule has 0 aliphatic carbocycles. The molecular weight excluding hydrogens is 451 g/mol. The molecule has 7 heteroatoms. The van der Waals surface area contributed by atoms with Gasteiger partial charge in [0.2, 0.25) is 0 Å². The van der Waals surface area contributed by atoms with E-state index in [0.717, 1.165) is 22.5 Å². The number of hydrogen-bond donors (Lipinski definition) is 0. The zero-order valence-corrected chi connectivity index (χ0v) is 18.5. The summed E-state index contributed by atoms with van der Waals surface area (Å²) in [5, 5.41) is 8.97. The highest BCUT2D eigenvalue weighted by Crippen LogP contribution is 2.45. The number of hydrazone groups is 1. The number of anilines is 1. The fraction of sp³-hybridized carbons (Fsp3) is 0.0833. The van der Waals surface area contributed by atoms with Crippen LogP contribution >= 0.6 is 34.8 Å². The molecule has 2 heterocycles. The van der Waals surface area contributed by atoms with Gasteiger partial charge in [0, 0.05) is 33.0 Å². The smallest absolute Gasteiger partial charge is 0.106 e. The van der Waals surface area contributed by atoms with E-state index in [9.17, 15) is 0 Å². The van der Waals surface area contributed by atoms with Crippen molar-refractivity contribution < 1.29 is 0 Å². The number of nitrogens with zero attached hydrogens (tertiary/aromatic N) is 4. The normalized spacial score (nSPS) is 18.3. The lowest BCUT2D eigenvalue weighted by molar-refractivity contribution is 0.527. The molecule has 0 N–H and O–H groups in total. The van der Waals surface area contributed by atoms with Gasteiger partial charge in [-0.3, -0.25) is 5.01 Å². The third kappa shape index (κ3) is 3.83. The molecule has 3 aromatic carbocycles. The van der Waals surface area contributed by atoms with Crippen molar-refractivity contribution in [2.45, 2.75) is 12.1 Å². The summed E-state index contributed by atoms with van der Waals surface area (Å²) in [6, 6.07) is 23.0. The Bertz CT molecular complexity index is 1220. The summed E-state index contributed by atoms with van der Waals surface area (Å²) in [5.74, 6) is 0. The molecule has 0 fully saturated rings. The SMILES string of the molecule is Clc1ccc(C2=NN(c3ccccc3)[C@@H](c3ccc(Cl)cc3Cl)[C@H]2n2ccnc2)cc1. The summed E-state index contributed by atoms with van der Waals surface area (Å²) in [4.78, 5) is 4.29. The molecule has 1 aliphatic heterocycles. The molecule has 0 spiro atoms. The second-order valence-electron chi connectivity index (χ2n) is 7.24. The van der Waals surface area contributed by atoms with Crippen molar-refractivity contribution in [3.63, 3.8) is 0 Å². The quantitative estimate of drug-likeness (QED) is 0.322. The van der Waals surface area contributed by atoms with Gasteiger partial charge in [0.15, 0.2) is 0 Å². The van der Waals surface area contributed by atoms with Crippen LogP contribution in [0.4, 0.5) is 5.69 Å². The van der Waals surface area contributed by atoms with E-state index in [1.165, 1.54) is 0 Å². The molecule has 154 valence electrons. The monoisotopic (exact) mass is 466 g/mol. The molecule has 5 rings (SSSR count). The maximum Gasteiger partial charge on any atom is 0.106 e. The van der Waals surface area contributed by atoms with Crippen LogP contribution < -0.4 is 5.01 Å². The van der Waals surface area contributed by atoms with Gasteiger partial charge in [-0.15, -0.1) is 0 Å². The van der Waals surface area contributed by atoms with Gasteiger partial charge in [0.05, 0.1) is 17.7 Å². The van der Waals surface area contributed by atoms with Gasteiger partial charge in [0.1, 0.15) is 12.1 Å². The van der Waals surface area contributed by atoms with Crippen LogP contribution in [0.3, 0.4) is 0 Å². The number of benzene rings is 3. The first-order chi connectivity index (χ1) is 15.1. The second-order valence-corrected chi connectivity index (χ2v) is 8.52. The first kappa shape index (κ1) is 20.1. The van der Waals surface area contributed by atoms with Crippen LogP contribution in [0.15, 0.2) is 96.6 Å². The second kappa shape index (κ2) is 8.39. The van der Waals surface area contributed by atoms with Crippen molar-refractivity contribution in [1.82, 2.24) is 9.55 Å². The van der Waals surface area contributed by atoms with Crippen molar-refractivity contribution in [2.24, 2.45) is 5.10 Å². The summed E-state index contributed by atoms with van der Waals surface area (Å²) in [5.41, 5.74) is 3.78. The summed E-state index contributed by atoms with van der Waals surface area (Å²) < 4.78 is 2.06. The Labute approximate surface area is 195 Å². The van der Waals surface area contributed by atoms with Crippen LogP contribution in [0, 0.1) is 0 Å². The summed E-state index contributed by atoms with van der Waals surface area (Å²) in [6.07, 6.45) is 5.52. The molecule has 1 aromatic heterocycles. The highest BCUT2D eigenvalue weighted by molar-refractivity contribution is 6.35. The zero-order valence-electron chi connectivity index (χ0n) is 16.2. The average Bonchev–Trinajstić information content (AvgIpc) is 3.43. The minimum atomic E-state index is -0.202. The Hall–Kier alpha value is -2.79. The maximum atomic E-state index is 6.70. The van der Waals surface area contributed by atoms with Crippen molar-refractivity contribution in [3.05, 3.63) is 118 Å². The topological polar surface area (TPSA) is 33.4 Å². The molecule has 4 nitrogen and oxygen atoms in total. The molecule has 0 radical (unpaired) electrons. The minimum absolute atomic E-state index is 0.164. The van der Waals surface area contributed by atoms with Crippen LogP contribution in [0.2, 0.25) is 15.1 Å². The maximum absolute atomic E-state index is 6.70. The number of rotatable bonds is 4. The van der Waals surface area contributed by atoms with Gasteiger partial charge < -0.3 is 4.57 Å². The van der Waals surface area contributed by atoms with E-state index in [1.807, 2.05) is 77.9 Å². The number of halogens is 3. The highest BCUT2D eigenvalue weighted by atomic mass is 35.5. The van der Waals surface area contributed by atoms with Crippen molar-refractivity contribution in [3.8, 4) is 0 Å². The Balaban J connectivity index is 1.73. The van der Waals surface area contributed by atoms with Crippen LogP contribution in [-0.4, -0.2) is 15.3 Å². The number of imidazole rings is 1. The zero-order chi connectivity index (χ0) is 21.4. The Kier molecular flexibility index (Phi) is 5.45. The largest absolute Gasteiger partial charge is 0.326 e. The average molecular weight is 468 g/mol. The standard InChI is InChI=1S/C24H17Cl3N4/c25-17-8-6-16(7-9-17)22-24(30-13-12-28-15-30)23(20-11-10-18(26)14-21(20)27)31(29-22)19-4-2-1-3-5-19/h1-15,23-24H/t23-,24-/m0/s1. The van der Waals surface area contributed by atoms with Crippen molar-refractivity contribution >= 4 is 46.2 Å². The van der Waals surface area contributed by atoms with Gasteiger partial charge in [-0.25, -0.2) is 4.98 Å². The van der Waals surface area contributed by atoms with Crippen molar-refractivity contribution in [2.75, 3.05) is 5.01 Å². The lowest BCUT2D eigenvalue weighted by atomic mass is 9.92. The van der Waals surface area contributed by atoms with Gasteiger partial charge in [-0.05, 0) is 42.0 Å². The summed E-state index contributed by atoms with van der Waals surface area (Å²) in [7, 11) is 0. The third-order valence-electron chi connectivity index (χ3n) is 5.35. The first-order valence-corrected chi connectivity index (χ1v) is 10.9. The Morgan fingerprint density at radius 2 is 1.52 bits per heavy atom. The van der Waals surface area contributed by atoms with Crippen LogP contribution in [0.25, 0.3) is 0 Å². The predicted molar refractivity (Wildman–Crippen MR) is 127 cm³/mol. The predicted octanol–water partition coefficient (Wildman–Crippen LogP) is 7.05. The van der Waals surface area contributed by atoms with E-state index >= 15 is 0 Å². The van der Waals surface area contributed by atoms with Gasteiger partial charge in [0.25, 0.3) is 0 Å². The Morgan fingerprint density at radius 1 is 0.774 bits per heavy atom. The molecule has 0 bridgehead atoms. The third-order valence-corrected chi connectivity index (χ3v) is 6.16. The molecule has 0 unspecified atom stereocenters. The lowest BCUT2D eigenvalue weighted by Gasteiger charge is -2.30. The molecule has 31 heavy (non-hydrogen) atoms. The van der Waals surface area contributed by atoms with Gasteiger partial charge >= 0.3 is 0 Å². The Morgan fingerprint density at radius 3 is 2.19 bits per heavy atom. The van der Waals surface area contributed by atoms with Crippen LogP contribution in [-0.2, 0) is 0 Å². The number of hydrogen-bond acceptors (Lipinski definition) is 3. The van der Waals surface area contributed by atoms with E-state index in [2.05, 4.69) is 9.55 Å². The van der Waals surface area contributed by atoms with E-state index in [4.69, 9.17) is 39.9 Å². The van der Waals surface area contributed by atoms with E-state index in [-0.39, 0.29) is 12.1 Å². The fourth-order valence-electron chi connectivity index (χ4n) is 3.95. The van der Waals surface area contributed by atoms with E-state index in [0.29, 0.717) is 15.1 Å². The summed E-state index contributed by atoms with van der Waals surface area (Å²) in [6.45, 7) is 0.